The van der Waals surface area contributed by atoms with Crippen molar-refractivity contribution in [3.8, 4) is 6.07 Å². The van der Waals surface area contributed by atoms with E-state index in [4.69, 9.17) is 0 Å². The third-order valence-electron chi connectivity index (χ3n) is 4.07. The predicted octanol–water partition coefficient (Wildman–Crippen LogP) is 5.01. The highest BCUT2D eigenvalue weighted by Crippen LogP contribution is 2.40. The van der Waals surface area contributed by atoms with Crippen LogP contribution in [0.15, 0.2) is 42.5 Å². The molecule has 0 radical (unpaired) electrons. The predicted molar refractivity (Wildman–Crippen MR) is 88.3 cm³/mol. The molecular formula is C18H14N2S. The molecule has 21 heavy (non-hydrogen) atoms. The maximum atomic E-state index is 9.48. The first-order valence-corrected chi connectivity index (χ1v) is 7.98. The van der Waals surface area contributed by atoms with Crippen molar-refractivity contribution in [2.45, 2.75) is 19.3 Å². The Morgan fingerprint density at radius 1 is 1.05 bits per heavy atom. The molecule has 2 aromatic carbocycles. The zero-order valence-corrected chi connectivity index (χ0v) is 12.3. The lowest BCUT2D eigenvalue weighted by Crippen LogP contribution is -1.92. The zero-order valence-electron chi connectivity index (χ0n) is 11.5. The summed E-state index contributed by atoms with van der Waals surface area (Å²) in [6.07, 6.45) is 3.35. The van der Waals surface area contributed by atoms with Crippen LogP contribution in [0.2, 0.25) is 0 Å². The minimum absolute atomic E-state index is 0.848. The fourth-order valence-corrected chi connectivity index (χ4v) is 4.32. The zero-order chi connectivity index (χ0) is 14.2. The van der Waals surface area contributed by atoms with Gasteiger partial charge in [-0.1, -0.05) is 36.4 Å². The molecule has 0 saturated heterocycles. The SMILES string of the molecule is N#Cc1c(Nc2cccc3ccccc23)sc2c1CCC2. The quantitative estimate of drug-likeness (QED) is 0.720. The van der Waals surface area contributed by atoms with E-state index < -0.39 is 0 Å². The molecule has 0 saturated carbocycles. The molecule has 1 N–H and O–H groups in total. The molecular weight excluding hydrogens is 276 g/mol. The van der Waals surface area contributed by atoms with Crippen LogP contribution >= 0.6 is 11.3 Å². The fourth-order valence-electron chi connectivity index (χ4n) is 3.07. The number of nitrogens with one attached hydrogen (secondary N) is 1. The monoisotopic (exact) mass is 290 g/mol. The van der Waals surface area contributed by atoms with Crippen LogP contribution in [0.5, 0.6) is 0 Å². The van der Waals surface area contributed by atoms with Gasteiger partial charge < -0.3 is 5.32 Å². The maximum absolute atomic E-state index is 9.48. The van der Waals surface area contributed by atoms with Crippen molar-refractivity contribution in [1.29, 1.82) is 5.26 Å². The summed E-state index contributed by atoms with van der Waals surface area (Å²) in [5.74, 6) is 0. The van der Waals surface area contributed by atoms with Gasteiger partial charge in [0.2, 0.25) is 0 Å². The molecule has 3 heteroatoms. The summed E-state index contributed by atoms with van der Waals surface area (Å²) < 4.78 is 0. The lowest BCUT2D eigenvalue weighted by molar-refractivity contribution is 0.913. The second-order valence-corrected chi connectivity index (χ2v) is 6.43. The molecule has 0 aliphatic heterocycles. The van der Waals surface area contributed by atoms with E-state index >= 15 is 0 Å². The molecule has 1 aliphatic rings. The van der Waals surface area contributed by atoms with Gasteiger partial charge in [0.1, 0.15) is 11.1 Å². The molecule has 2 nitrogen and oxygen atoms in total. The molecule has 1 aromatic heterocycles. The van der Waals surface area contributed by atoms with Crippen molar-refractivity contribution in [2.24, 2.45) is 0 Å². The van der Waals surface area contributed by atoms with Crippen LogP contribution in [-0.2, 0) is 12.8 Å². The van der Waals surface area contributed by atoms with Crippen LogP contribution in [0.1, 0.15) is 22.4 Å². The first-order valence-electron chi connectivity index (χ1n) is 7.16. The Morgan fingerprint density at radius 3 is 2.81 bits per heavy atom. The topological polar surface area (TPSA) is 35.8 Å². The van der Waals surface area contributed by atoms with Gasteiger partial charge in [0, 0.05) is 16.0 Å². The highest BCUT2D eigenvalue weighted by atomic mass is 32.1. The summed E-state index contributed by atoms with van der Waals surface area (Å²) in [4.78, 5) is 1.38. The van der Waals surface area contributed by atoms with E-state index in [1.54, 1.807) is 11.3 Å². The first-order chi connectivity index (χ1) is 10.4. The largest absolute Gasteiger partial charge is 0.346 e. The number of rotatable bonds is 2. The number of anilines is 2. The Bertz CT molecular complexity index is 865. The smallest absolute Gasteiger partial charge is 0.111 e. The molecule has 3 aromatic rings. The van der Waals surface area contributed by atoms with Crippen LogP contribution < -0.4 is 5.32 Å². The van der Waals surface area contributed by atoms with Crippen molar-refractivity contribution in [1.82, 2.24) is 0 Å². The van der Waals surface area contributed by atoms with Crippen molar-refractivity contribution in [2.75, 3.05) is 5.32 Å². The molecule has 0 spiro atoms. The van der Waals surface area contributed by atoms with Gasteiger partial charge >= 0.3 is 0 Å². The van der Waals surface area contributed by atoms with Crippen LogP contribution in [0.4, 0.5) is 10.7 Å². The van der Waals surface area contributed by atoms with Gasteiger partial charge in [-0.3, -0.25) is 0 Å². The van der Waals surface area contributed by atoms with E-state index in [-0.39, 0.29) is 0 Å². The second kappa shape index (κ2) is 4.91. The average molecular weight is 290 g/mol. The van der Waals surface area contributed by atoms with E-state index in [9.17, 15) is 5.26 Å². The van der Waals surface area contributed by atoms with E-state index in [1.165, 1.54) is 27.6 Å². The number of thiophene rings is 1. The number of fused-ring (bicyclic) bond motifs is 2. The number of nitrogens with zero attached hydrogens (tertiary/aromatic N) is 1. The summed E-state index contributed by atoms with van der Waals surface area (Å²) in [6.45, 7) is 0. The molecule has 0 unspecified atom stereocenters. The number of benzene rings is 2. The van der Waals surface area contributed by atoms with Crippen LogP contribution in [0, 0.1) is 11.3 Å². The highest BCUT2D eigenvalue weighted by molar-refractivity contribution is 7.16. The number of hydrogen-bond donors (Lipinski definition) is 1. The third kappa shape index (κ3) is 2.00. The minimum atomic E-state index is 0.848. The van der Waals surface area contributed by atoms with Crippen molar-refractivity contribution >= 4 is 32.8 Å². The van der Waals surface area contributed by atoms with Gasteiger partial charge in [0.05, 0.1) is 5.56 Å². The van der Waals surface area contributed by atoms with Crippen LogP contribution in [-0.4, -0.2) is 0 Å². The van der Waals surface area contributed by atoms with E-state index in [0.29, 0.717) is 0 Å². The van der Waals surface area contributed by atoms with Gasteiger partial charge in [0.25, 0.3) is 0 Å². The summed E-state index contributed by atoms with van der Waals surface area (Å²) in [7, 11) is 0. The lowest BCUT2D eigenvalue weighted by atomic mass is 10.1. The molecule has 0 bridgehead atoms. The Hall–Kier alpha value is -2.31. The number of aryl methyl sites for hydroxylation is 1. The number of nitriles is 1. The Balaban J connectivity index is 1.81. The summed E-state index contributed by atoms with van der Waals surface area (Å²) in [6, 6.07) is 17.0. The summed E-state index contributed by atoms with van der Waals surface area (Å²) in [5, 5.41) is 16.4. The Labute approximate surface area is 127 Å². The molecule has 0 fully saturated rings. The van der Waals surface area contributed by atoms with Crippen LogP contribution in [0.25, 0.3) is 10.8 Å². The van der Waals surface area contributed by atoms with E-state index in [2.05, 4.69) is 41.7 Å². The van der Waals surface area contributed by atoms with Gasteiger partial charge in [-0.05, 0) is 36.3 Å². The molecule has 102 valence electrons. The molecule has 0 atom stereocenters. The average Bonchev–Trinajstić information content (AvgIpc) is 3.08. The van der Waals surface area contributed by atoms with Gasteiger partial charge in [-0.2, -0.15) is 5.26 Å². The van der Waals surface area contributed by atoms with Gasteiger partial charge in [-0.15, -0.1) is 11.3 Å². The second-order valence-electron chi connectivity index (χ2n) is 5.32. The Kier molecular flexibility index (Phi) is 2.90. The lowest BCUT2D eigenvalue weighted by Gasteiger charge is -2.09. The van der Waals surface area contributed by atoms with Crippen molar-refractivity contribution < 1.29 is 0 Å². The maximum Gasteiger partial charge on any atom is 0.111 e. The molecule has 4 rings (SSSR count). The van der Waals surface area contributed by atoms with Crippen molar-refractivity contribution in [3.63, 3.8) is 0 Å². The van der Waals surface area contributed by atoms with E-state index in [0.717, 1.165) is 29.1 Å². The normalized spacial score (nSPS) is 13.1. The van der Waals surface area contributed by atoms with Crippen molar-refractivity contribution in [3.05, 3.63) is 58.5 Å². The minimum Gasteiger partial charge on any atom is -0.346 e. The standard InChI is InChI=1S/C18H14N2S/c19-11-15-14-8-4-10-17(14)21-18(15)20-16-9-3-6-12-5-1-2-7-13(12)16/h1-3,5-7,9,20H,4,8,10H2. The van der Waals surface area contributed by atoms with Crippen LogP contribution in [0.3, 0.4) is 0 Å². The fraction of sp³-hybridized carbons (Fsp3) is 0.167. The molecule has 1 aliphatic carbocycles. The molecule has 1 heterocycles. The highest BCUT2D eigenvalue weighted by Gasteiger charge is 2.22. The summed E-state index contributed by atoms with van der Waals surface area (Å²) >= 11 is 1.74. The Morgan fingerprint density at radius 2 is 1.90 bits per heavy atom. The van der Waals surface area contributed by atoms with Gasteiger partial charge in [-0.25, -0.2) is 0 Å². The third-order valence-corrected chi connectivity index (χ3v) is 5.28. The van der Waals surface area contributed by atoms with E-state index in [1.807, 2.05) is 12.1 Å². The summed E-state index contributed by atoms with van der Waals surface area (Å²) in [5.41, 5.74) is 3.19. The molecule has 0 amide bonds. The first kappa shape index (κ1) is 12.4. The van der Waals surface area contributed by atoms with Gasteiger partial charge in [0.15, 0.2) is 0 Å². The number of hydrogen-bond acceptors (Lipinski definition) is 3.